The Bertz CT molecular complexity index is 1330. The van der Waals surface area contributed by atoms with Gasteiger partial charge in [-0.15, -0.1) is 0 Å². The summed E-state index contributed by atoms with van der Waals surface area (Å²) in [7, 11) is 1.62. The van der Waals surface area contributed by atoms with E-state index in [1.165, 1.54) is 37.9 Å². The van der Waals surface area contributed by atoms with Crippen LogP contribution in [0.2, 0.25) is 0 Å². The maximum Gasteiger partial charge on any atom is 0.251 e. The summed E-state index contributed by atoms with van der Waals surface area (Å²) < 4.78 is 5.28. The summed E-state index contributed by atoms with van der Waals surface area (Å²) in [5.41, 5.74) is 4.99. The lowest BCUT2D eigenvalue weighted by Crippen LogP contribution is -2.28. The molecule has 0 aliphatic carbocycles. The topological polar surface area (TPSA) is 83.0 Å². The Labute approximate surface area is 223 Å². The standard InChI is InChI=1S/C31H34N4O3/c1-21(23-7-6-8-26(17-23)38-2)33-30(36)24-11-14-27-28(31(37)34-29(27)18-24)19-32-25-12-9-22(10-13-25)20-35-15-4-3-5-16-35/h6-14,17-19,21,28H,3-5,15-16,20H2,1-2H3,(H,33,36)(H,34,37). The van der Waals surface area contributed by atoms with Crippen LogP contribution in [-0.4, -0.2) is 43.1 Å². The Morgan fingerprint density at radius 1 is 1.11 bits per heavy atom. The average molecular weight is 511 g/mol. The van der Waals surface area contributed by atoms with E-state index < -0.39 is 5.92 Å². The highest BCUT2D eigenvalue weighted by molar-refractivity contribution is 6.13. The van der Waals surface area contributed by atoms with Gasteiger partial charge in [-0.2, -0.15) is 0 Å². The van der Waals surface area contributed by atoms with Gasteiger partial charge in [0.15, 0.2) is 0 Å². The molecular formula is C31H34N4O3. The summed E-state index contributed by atoms with van der Waals surface area (Å²) in [6.45, 7) is 5.23. The summed E-state index contributed by atoms with van der Waals surface area (Å²) >= 11 is 0. The van der Waals surface area contributed by atoms with Gasteiger partial charge in [0.05, 0.1) is 18.8 Å². The first kappa shape index (κ1) is 25.7. The predicted molar refractivity (Wildman–Crippen MR) is 150 cm³/mol. The van der Waals surface area contributed by atoms with Crippen molar-refractivity contribution in [2.75, 3.05) is 25.5 Å². The third-order valence-electron chi connectivity index (χ3n) is 7.30. The van der Waals surface area contributed by atoms with E-state index in [1.807, 2.05) is 49.4 Å². The van der Waals surface area contributed by atoms with Crippen LogP contribution < -0.4 is 15.4 Å². The number of hydrogen-bond donors (Lipinski definition) is 2. The fourth-order valence-electron chi connectivity index (χ4n) is 5.07. The Balaban J connectivity index is 1.23. The third kappa shape index (κ3) is 5.94. The zero-order chi connectivity index (χ0) is 26.5. The number of benzene rings is 3. The molecule has 2 N–H and O–H groups in total. The Hall–Kier alpha value is -3.97. The number of rotatable bonds is 8. The number of carbonyl (C=O) groups is 2. The Kier molecular flexibility index (Phi) is 7.84. The number of methoxy groups -OCH3 is 1. The summed E-state index contributed by atoms with van der Waals surface area (Å²) in [4.78, 5) is 32.7. The van der Waals surface area contributed by atoms with Crippen LogP contribution in [-0.2, 0) is 11.3 Å². The van der Waals surface area contributed by atoms with Crippen molar-refractivity contribution in [2.24, 2.45) is 4.99 Å². The minimum Gasteiger partial charge on any atom is -0.497 e. The van der Waals surface area contributed by atoms with Gasteiger partial charge in [-0.1, -0.05) is 36.8 Å². The zero-order valence-corrected chi connectivity index (χ0v) is 21.9. The molecule has 0 saturated carbocycles. The molecule has 2 aliphatic rings. The lowest BCUT2D eigenvalue weighted by Gasteiger charge is -2.26. The van der Waals surface area contributed by atoms with E-state index in [0.717, 1.165) is 29.1 Å². The average Bonchev–Trinajstić information content (AvgIpc) is 3.27. The number of likely N-dealkylation sites (tertiary alicyclic amines) is 1. The second kappa shape index (κ2) is 11.6. The van der Waals surface area contributed by atoms with Gasteiger partial charge >= 0.3 is 0 Å². The molecule has 38 heavy (non-hydrogen) atoms. The molecule has 2 aliphatic heterocycles. The van der Waals surface area contributed by atoms with Crippen LogP contribution in [0.4, 0.5) is 11.4 Å². The van der Waals surface area contributed by atoms with Crippen LogP contribution in [0.25, 0.3) is 0 Å². The summed E-state index contributed by atoms with van der Waals surface area (Å²) in [5, 5.41) is 5.92. The molecule has 0 radical (unpaired) electrons. The fraction of sp³-hybridized carbons (Fsp3) is 0.323. The van der Waals surface area contributed by atoms with Gasteiger partial charge in [0, 0.05) is 24.0 Å². The van der Waals surface area contributed by atoms with E-state index in [9.17, 15) is 9.59 Å². The summed E-state index contributed by atoms with van der Waals surface area (Å²) in [5.74, 6) is -0.109. The van der Waals surface area contributed by atoms with E-state index in [4.69, 9.17) is 4.74 Å². The molecule has 196 valence electrons. The summed E-state index contributed by atoms with van der Waals surface area (Å²) in [6.07, 6.45) is 5.58. The van der Waals surface area contributed by atoms with Crippen molar-refractivity contribution in [3.8, 4) is 5.75 Å². The molecule has 0 spiro atoms. The monoisotopic (exact) mass is 510 g/mol. The lowest BCUT2D eigenvalue weighted by atomic mass is 10.00. The highest BCUT2D eigenvalue weighted by Crippen LogP contribution is 2.33. The van der Waals surface area contributed by atoms with E-state index >= 15 is 0 Å². The van der Waals surface area contributed by atoms with Gasteiger partial charge in [0.2, 0.25) is 5.91 Å². The largest absolute Gasteiger partial charge is 0.497 e. The van der Waals surface area contributed by atoms with Gasteiger partial charge in [-0.3, -0.25) is 19.5 Å². The second-order valence-corrected chi connectivity index (χ2v) is 10.0. The fourth-order valence-corrected chi connectivity index (χ4v) is 5.07. The predicted octanol–water partition coefficient (Wildman–Crippen LogP) is 5.61. The van der Waals surface area contributed by atoms with E-state index in [0.29, 0.717) is 11.3 Å². The Morgan fingerprint density at radius 2 is 1.89 bits per heavy atom. The number of amides is 2. The lowest BCUT2D eigenvalue weighted by molar-refractivity contribution is -0.115. The molecule has 2 unspecified atom stereocenters. The normalized spacial score (nSPS) is 18.2. The number of anilines is 1. The quantitative estimate of drug-likeness (QED) is 0.386. The van der Waals surface area contributed by atoms with Crippen molar-refractivity contribution >= 4 is 29.4 Å². The highest BCUT2D eigenvalue weighted by Gasteiger charge is 2.30. The van der Waals surface area contributed by atoms with Crippen LogP contribution >= 0.6 is 0 Å². The van der Waals surface area contributed by atoms with Crippen LogP contribution in [0.15, 0.2) is 71.7 Å². The van der Waals surface area contributed by atoms with Crippen LogP contribution in [0, 0.1) is 0 Å². The van der Waals surface area contributed by atoms with Crippen molar-refractivity contribution < 1.29 is 14.3 Å². The van der Waals surface area contributed by atoms with E-state index in [1.54, 1.807) is 25.5 Å². The summed E-state index contributed by atoms with van der Waals surface area (Å²) in [6, 6.07) is 20.9. The van der Waals surface area contributed by atoms with Crippen molar-refractivity contribution in [3.05, 3.63) is 89.0 Å². The first-order chi connectivity index (χ1) is 18.5. The maximum atomic E-state index is 12.9. The molecular weight excluding hydrogens is 476 g/mol. The molecule has 0 aromatic heterocycles. The van der Waals surface area contributed by atoms with Crippen LogP contribution in [0.1, 0.15) is 65.2 Å². The molecule has 3 aromatic rings. The number of aliphatic imine (C=N–C) groups is 1. The van der Waals surface area contributed by atoms with Gasteiger partial charge in [0.25, 0.3) is 5.91 Å². The molecule has 0 bridgehead atoms. The highest BCUT2D eigenvalue weighted by atomic mass is 16.5. The molecule has 5 rings (SSSR count). The molecule has 1 fully saturated rings. The number of piperidine rings is 1. The second-order valence-electron chi connectivity index (χ2n) is 10.0. The molecule has 1 saturated heterocycles. The minimum absolute atomic E-state index is 0.146. The van der Waals surface area contributed by atoms with Crippen LogP contribution in [0.3, 0.4) is 0 Å². The number of nitrogens with zero attached hydrogens (tertiary/aromatic N) is 2. The first-order valence-corrected chi connectivity index (χ1v) is 13.3. The van der Waals surface area contributed by atoms with Crippen molar-refractivity contribution in [2.45, 2.75) is 44.7 Å². The smallest absolute Gasteiger partial charge is 0.251 e. The Morgan fingerprint density at radius 3 is 2.66 bits per heavy atom. The number of hydrogen-bond acceptors (Lipinski definition) is 5. The number of fused-ring (bicyclic) bond motifs is 1. The molecule has 3 aromatic carbocycles. The molecule has 7 nitrogen and oxygen atoms in total. The molecule has 2 amide bonds. The SMILES string of the molecule is COc1cccc(C(C)NC(=O)c2ccc3c(c2)NC(=O)C3C=Nc2ccc(CN3CCCCC3)cc2)c1. The van der Waals surface area contributed by atoms with E-state index in [-0.39, 0.29) is 17.9 Å². The van der Waals surface area contributed by atoms with Gasteiger partial charge < -0.3 is 15.4 Å². The zero-order valence-electron chi connectivity index (χ0n) is 21.9. The van der Waals surface area contributed by atoms with E-state index in [2.05, 4.69) is 32.7 Å². The van der Waals surface area contributed by atoms with Gasteiger partial charge in [0.1, 0.15) is 11.7 Å². The number of ether oxygens (including phenoxy) is 1. The van der Waals surface area contributed by atoms with Crippen molar-refractivity contribution in [3.63, 3.8) is 0 Å². The molecule has 2 atom stereocenters. The number of carbonyl (C=O) groups excluding carboxylic acids is 2. The van der Waals surface area contributed by atoms with Gasteiger partial charge in [-0.05, 0) is 85.9 Å². The minimum atomic E-state index is -0.495. The maximum absolute atomic E-state index is 12.9. The first-order valence-electron chi connectivity index (χ1n) is 13.3. The third-order valence-corrected chi connectivity index (χ3v) is 7.30. The number of nitrogens with one attached hydrogen (secondary N) is 2. The van der Waals surface area contributed by atoms with Crippen molar-refractivity contribution in [1.82, 2.24) is 10.2 Å². The van der Waals surface area contributed by atoms with Crippen molar-refractivity contribution in [1.29, 1.82) is 0 Å². The molecule has 2 heterocycles. The molecule has 7 heteroatoms. The van der Waals surface area contributed by atoms with Crippen LogP contribution in [0.5, 0.6) is 5.75 Å². The van der Waals surface area contributed by atoms with Gasteiger partial charge in [-0.25, -0.2) is 0 Å².